The van der Waals surface area contributed by atoms with Gasteiger partial charge in [-0.05, 0) is 12.3 Å². The minimum Gasteiger partial charge on any atom is -0.171 e. The summed E-state index contributed by atoms with van der Waals surface area (Å²) in [6.07, 6.45) is -3.51. The average molecular weight is 184 g/mol. The van der Waals surface area contributed by atoms with Gasteiger partial charge in [0.05, 0.1) is 0 Å². The number of hydrogen-bond acceptors (Lipinski definition) is 0. The molecule has 0 nitrogen and oxygen atoms in total. The Labute approximate surface area is 73.2 Å². The zero-order valence-electron chi connectivity index (χ0n) is 8.33. The van der Waals surface area contributed by atoms with Crippen LogP contribution in [0.1, 0.15) is 47.0 Å². The van der Waals surface area contributed by atoms with Gasteiger partial charge in [-0.2, -0.15) is 13.2 Å². The molecule has 76 valence electrons. The van der Waals surface area contributed by atoms with Gasteiger partial charge in [-0.15, -0.1) is 0 Å². The van der Waals surface area contributed by atoms with Crippen molar-refractivity contribution in [2.45, 2.75) is 53.1 Å². The third-order valence-corrected chi connectivity index (χ3v) is 1.62. The SMILES string of the molecule is CC.CCC(C)CCC(F)(F)F. The molecule has 0 aromatic heterocycles. The Hall–Kier alpha value is -0.210. The van der Waals surface area contributed by atoms with Gasteiger partial charge >= 0.3 is 6.18 Å². The minimum atomic E-state index is -3.97. The molecule has 0 spiro atoms. The Bertz CT molecular complexity index is 86.3. The first-order valence-corrected chi connectivity index (χ1v) is 4.52. The van der Waals surface area contributed by atoms with Gasteiger partial charge in [-0.1, -0.05) is 34.1 Å². The number of halogens is 3. The van der Waals surface area contributed by atoms with Crippen molar-refractivity contribution in [1.29, 1.82) is 0 Å². The van der Waals surface area contributed by atoms with E-state index in [9.17, 15) is 13.2 Å². The summed E-state index contributed by atoms with van der Waals surface area (Å²) in [6.45, 7) is 7.74. The first-order chi connectivity index (χ1) is 5.45. The van der Waals surface area contributed by atoms with Gasteiger partial charge in [-0.3, -0.25) is 0 Å². The highest BCUT2D eigenvalue weighted by Gasteiger charge is 2.26. The second-order valence-corrected chi connectivity index (χ2v) is 2.67. The van der Waals surface area contributed by atoms with Crippen LogP contribution in [0.15, 0.2) is 0 Å². The number of hydrogen-bond donors (Lipinski definition) is 0. The summed E-state index contributed by atoms with van der Waals surface area (Å²) in [5.41, 5.74) is 0. The Morgan fingerprint density at radius 2 is 1.58 bits per heavy atom. The lowest BCUT2D eigenvalue weighted by Crippen LogP contribution is -2.08. The summed E-state index contributed by atoms with van der Waals surface area (Å²) < 4.78 is 34.7. The number of alkyl halides is 3. The second kappa shape index (κ2) is 7.44. The van der Waals surface area contributed by atoms with Crippen LogP contribution < -0.4 is 0 Å². The summed E-state index contributed by atoms with van der Waals surface area (Å²) in [4.78, 5) is 0. The lowest BCUT2D eigenvalue weighted by Gasteiger charge is -2.09. The standard InChI is InChI=1S/C7H13F3.C2H6/c1-3-6(2)4-5-7(8,9)10;1-2/h6H,3-5H2,1-2H3;1-2H3. The molecule has 0 aromatic carbocycles. The summed E-state index contributed by atoms with van der Waals surface area (Å²) in [5.74, 6) is 0.196. The first kappa shape index (κ1) is 14.3. The Morgan fingerprint density at radius 1 is 1.17 bits per heavy atom. The Balaban J connectivity index is 0. The van der Waals surface area contributed by atoms with E-state index in [0.29, 0.717) is 0 Å². The van der Waals surface area contributed by atoms with Crippen molar-refractivity contribution in [3.63, 3.8) is 0 Å². The van der Waals surface area contributed by atoms with Crippen LogP contribution in [-0.4, -0.2) is 6.18 Å². The van der Waals surface area contributed by atoms with Crippen molar-refractivity contribution in [3.05, 3.63) is 0 Å². The van der Waals surface area contributed by atoms with Crippen molar-refractivity contribution < 1.29 is 13.2 Å². The molecule has 1 unspecified atom stereocenters. The van der Waals surface area contributed by atoms with Crippen LogP contribution in [0.4, 0.5) is 13.2 Å². The fourth-order valence-electron chi connectivity index (χ4n) is 0.614. The largest absolute Gasteiger partial charge is 0.389 e. The molecule has 0 aliphatic carbocycles. The first-order valence-electron chi connectivity index (χ1n) is 4.52. The van der Waals surface area contributed by atoms with E-state index >= 15 is 0 Å². The van der Waals surface area contributed by atoms with E-state index in [1.165, 1.54) is 0 Å². The quantitative estimate of drug-likeness (QED) is 0.609. The fraction of sp³-hybridized carbons (Fsp3) is 1.00. The van der Waals surface area contributed by atoms with Crippen LogP contribution in [0.2, 0.25) is 0 Å². The van der Waals surface area contributed by atoms with E-state index in [0.717, 1.165) is 6.42 Å². The van der Waals surface area contributed by atoms with Crippen molar-refractivity contribution in [2.75, 3.05) is 0 Å². The van der Waals surface area contributed by atoms with Crippen LogP contribution >= 0.6 is 0 Å². The highest BCUT2D eigenvalue weighted by molar-refractivity contribution is 4.55. The average Bonchev–Trinajstić information content (AvgIpc) is 2.03. The zero-order chi connectivity index (χ0) is 10.2. The molecule has 0 N–H and O–H groups in total. The maximum Gasteiger partial charge on any atom is 0.389 e. The van der Waals surface area contributed by atoms with E-state index in [1.807, 2.05) is 27.7 Å². The minimum absolute atomic E-state index is 0.196. The van der Waals surface area contributed by atoms with Gasteiger partial charge in [0.1, 0.15) is 0 Å². The molecule has 0 amide bonds. The van der Waals surface area contributed by atoms with E-state index in [2.05, 4.69) is 0 Å². The summed E-state index contributed by atoms with van der Waals surface area (Å²) >= 11 is 0. The second-order valence-electron chi connectivity index (χ2n) is 2.67. The molecule has 0 heterocycles. The third-order valence-electron chi connectivity index (χ3n) is 1.62. The normalized spacial score (nSPS) is 13.2. The van der Waals surface area contributed by atoms with Crippen LogP contribution in [0.5, 0.6) is 0 Å². The molecular weight excluding hydrogens is 165 g/mol. The zero-order valence-corrected chi connectivity index (χ0v) is 8.33. The Kier molecular flexibility index (Phi) is 8.88. The summed E-state index contributed by atoms with van der Waals surface area (Å²) in [6, 6.07) is 0. The molecule has 12 heavy (non-hydrogen) atoms. The third kappa shape index (κ3) is 12.5. The fourth-order valence-corrected chi connectivity index (χ4v) is 0.614. The maximum atomic E-state index is 11.6. The highest BCUT2D eigenvalue weighted by Crippen LogP contribution is 2.24. The van der Waals surface area contributed by atoms with Crippen molar-refractivity contribution in [1.82, 2.24) is 0 Å². The van der Waals surface area contributed by atoms with Gasteiger partial charge in [0.25, 0.3) is 0 Å². The summed E-state index contributed by atoms with van der Waals surface area (Å²) in [5, 5.41) is 0. The lowest BCUT2D eigenvalue weighted by molar-refractivity contribution is -0.137. The molecule has 0 aromatic rings. The van der Waals surface area contributed by atoms with Gasteiger partial charge < -0.3 is 0 Å². The molecule has 3 heteroatoms. The van der Waals surface area contributed by atoms with E-state index < -0.39 is 12.6 Å². The van der Waals surface area contributed by atoms with Gasteiger partial charge in [-0.25, -0.2) is 0 Å². The monoisotopic (exact) mass is 184 g/mol. The van der Waals surface area contributed by atoms with Gasteiger partial charge in [0, 0.05) is 6.42 Å². The molecule has 0 rings (SSSR count). The van der Waals surface area contributed by atoms with Gasteiger partial charge in [0.2, 0.25) is 0 Å². The molecule has 0 saturated heterocycles. The smallest absolute Gasteiger partial charge is 0.171 e. The molecular formula is C9H19F3. The Morgan fingerprint density at radius 3 is 1.83 bits per heavy atom. The molecule has 1 atom stereocenters. The maximum absolute atomic E-state index is 11.6. The van der Waals surface area contributed by atoms with Crippen LogP contribution in [0.3, 0.4) is 0 Å². The van der Waals surface area contributed by atoms with E-state index in [-0.39, 0.29) is 12.3 Å². The molecule has 0 aliphatic heterocycles. The van der Waals surface area contributed by atoms with Crippen LogP contribution in [0, 0.1) is 5.92 Å². The van der Waals surface area contributed by atoms with E-state index in [4.69, 9.17) is 0 Å². The number of rotatable bonds is 3. The summed E-state index contributed by atoms with van der Waals surface area (Å²) in [7, 11) is 0. The van der Waals surface area contributed by atoms with Crippen LogP contribution in [0.25, 0.3) is 0 Å². The highest BCUT2D eigenvalue weighted by atomic mass is 19.4. The van der Waals surface area contributed by atoms with Crippen molar-refractivity contribution in [3.8, 4) is 0 Å². The topological polar surface area (TPSA) is 0 Å². The molecule has 0 radical (unpaired) electrons. The molecule has 0 bridgehead atoms. The lowest BCUT2D eigenvalue weighted by atomic mass is 10.0. The molecule has 0 aliphatic rings. The molecule has 0 fully saturated rings. The van der Waals surface area contributed by atoms with Crippen molar-refractivity contribution in [2.24, 2.45) is 5.92 Å². The predicted molar refractivity (Wildman–Crippen MR) is 46.1 cm³/mol. The molecule has 0 saturated carbocycles. The van der Waals surface area contributed by atoms with Crippen LogP contribution in [-0.2, 0) is 0 Å². The van der Waals surface area contributed by atoms with E-state index in [1.54, 1.807) is 0 Å². The van der Waals surface area contributed by atoms with Gasteiger partial charge in [0.15, 0.2) is 0 Å². The predicted octanol–water partition coefficient (Wildman–Crippen LogP) is 4.40. The van der Waals surface area contributed by atoms with Crippen molar-refractivity contribution >= 4 is 0 Å².